The number of nitrogens with zero attached hydrogens (tertiary/aromatic N) is 4. The van der Waals surface area contributed by atoms with E-state index in [0.717, 1.165) is 11.3 Å². The molecule has 0 aliphatic rings. The molecule has 19 heavy (non-hydrogen) atoms. The minimum Gasteiger partial charge on any atom is -0.370 e. The SMILES string of the molecule is Cn1ccc(-c2ccccc2N=C(N)N=C(N)N)n1. The van der Waals surface area contributed by atoms with Crippen LogP contribution in [0.25, 0.3) is 11.3 Å². The van der Waals surface area contributed by atoms with Gasteiger partial charge in [0.2, 0.25) is 5.96 Å². The van der Waals surface area contributed by atoms with E-state index in [-0.39, 0.29) is 11.9 Å². The van der Waals surface area contributed by atoms with Crippen LogP contribution in [0.1, 0.15) is 0 Å². The van der Waals surface area contributed by atoms with Gasteiger partial charge in [-0.2, -0.15) is 10.1 Å². The zero-order valence-electron chi connectivity index (χ0n) is 10.5. The van der Waals surface area contributed by atoms with Crippen LogP contribution in [0, 0.1) is 0 Å². The molecule has 1 heterocycles. The molecule has 7 nitrogen and oxygen atoms in total. The van der Waals surface area contributed by atoms with Gasteiger partial charge in [-0.15, -0.1) is 0 Å². The molecule has 0 aliphatic carbocycles. The van der Waals surface area contributed by atoms with Gasteiger partial charge >= 0.3 is 0 Å². The lowest BCUT2D eigenvalue weighted by Gasteiger charge is -2.02. The van der Waals surface area contributed by atoms with Crippen LogP contribution in [-0.2, 0) is 7.05 Å². The second-order valence-corrected chi connectivity index (χ2v) is 3.90. The molecule has 2 rings (SSSR count). The number of rotatable bonds is 2. The zero-order valence-corrected chi connectivity index (χ0v) is 10.5. The summed E-state index contributed by atoms with van der Waals surface area (Å²) >= 11 is 0. The molecule has 0 saturated carbocycles. The van der Waals surface area contributed by atoms with Gasteiger partial charge in [-0.25, -0.2) is 4.99 Å². The number of aliphatic imine (C=N–C) groups is 2. The third-order valence-electron chi connectivity index (χ3n) is 2.37. The average molecular weight is 257 g/mol. The van der Waals surface area contributed by atoms with Crippen LogP contribution in [0.5, 0.6) is 0 Å². The summed E-state index contributed by atoms with van der Waals surface area (Å²) in [6.45, 7) is 0. The first-order chi connectivity index (χ1) is 9.06. The Kier molecular flexibility index (Phi) is 3.46. The third-order valence-corrected chi connectivity index (χ3v) is 2.37. The van der Waals surface area contributed by atoms with Crippen molar-refractivity contribution in [3.05, 3.63) is 36.5 Å². The van der Waals surface area contributed by atoms with Gasteiger partial charge in [0.05, 0.1) is 11.4 Å². The van der Waals surface area contributed by atoms with Crippen molar-refractivity contribution in [2.24, 2.45) is 34.2 Å². The Balaban J connectivity index is 2.45. The van der Waals surface area contributed by atoms with Crippen LogP contribution >= 0.6 is 0 Å². The van der Waals surface area contributed by atoms with Crippen LogP contribution in [0.2, 0.25) is 0 Å². The highest BCUT2D eigenvalue weighted by molar-refractivity contribution is 5.94. The summed E-state index contributed by atoms with van der Waals surface area (Å²) in [6.07, 6.45) is 1.86. The molecule has 0 spiro atoms. The number of hydrogen-bond acceptors (Lipinski definition) is 2. The van der Waals surface area contributed by atoms with Gasteiger partial charge in [0.25, 0.3) is 0 Å². The Bertz CT molecular complexity index is 635. The van der Waals surface area contributed by atoms with E-state index >= 15 is 0 Å². The lowest BCUT2D eigenvalue weighted by Crippen LogP contribution is -2.26. The zero-order chi connectivity index (χ0) is 13.8. The fourth-order valence-corrected chi connectivity index (χ4v) is 1.63. The summed E-state index contributed by atoms with van der Waals surface area (Å²) in [5.74, 6) is -0.125. The normalized spacial score (nSPS) is 11.3. The molecule has 7 heteroatoms. The quantitative estimate of drug-likeness (QED) is 0.529. The maximum absolute atomic E-state index is 5.64. The molecule has 0 fully saturated rings. The van der Waals surface area contributed by atoms with E-state index in [1.165, 1.54) is 0 Å². The van der Waals surface area contributed by atoms with Crippen molar-refractivity contribution in [2.45, 2.75) is 0 Å². The Morgan fingerprint density at radius 1 is 1.16 bits per heavy atom. The topological polar surface area (TPSA) is 121 Å². The second-order valence-electron chi connectivity index (χ2n) is 3.90. The number of nitrogens with two attached hydrogens (primary N) is 3. The largest absolute Gasteiger partial charge is 0.370 e. The van der Waals surface area contributed by atoms with Gasteiger partial charge in [-0.3, -0.25) is 4.68 Å². The van der Waals surface area contributed by atoms with E-state index in [0.29, 0.717) is 5.69 Å². The maximum Gasteiger partial charge on any atom is 0.223 e. The Hall–Kier alpha value is -2.83. The van der Waals surface area contributed by atoms with Crippen LogP contribution in [-0.4, -0.2) is 21.7 Å². The van der Waals surface area contributed by atoms with Crippen molar-refractivity contribution in [2.75, 3.05) is 0 Å². The number of aryl methyl sites for hydroxylation is 1. The van der Waals surface area contributed by atoms with Gasteiger partial charge in [0.15, 0.2) is 5.96 Å². The summed E-state index contributed by atoms with van der Waals surface area (Å²) in [6, 6.07) is 9.38. The van der Waals surface area contributed by atoms with Crippen LogP contribution in [0.15, 0.2) is 46.5 Å². The van der Waals surface area contributed by atoms with Crippen molar-refractivity contribution >= 4 is 17.6 Å². The lowest BCUT2D eigenvalue weighted by molar-refractivity contribution is 0.771. The lowest BCUT2D eigenvalue weighted by atomic mass is 10.1. The molecule has 0 saturated heterocycles. The molecule has 0 unspecified atom stereocenters. The Labute approximate surface area is 110 Å². The highest BCUT2D eigenvalue weighted by Crippen LogP contribution is 2.28. The highest BCUT2D eigenvalue weighted by atomic mass is 15.2. The summed E-state index contributed by atoms with van der Waals surface area (Å²) in [5.41, 5.74) is 18.5. The number of benzene rings is 1. The predicted octanol–water partition coefficient (Wildman–Crippen LogP) is 0.307. The van der Waals surface area contributed by atoms with Crippen molar-refractivity contribution in [1.82, 2.24) is 9.78 Å². The first-order valence-corrected chi connectivity index (χ1v) is 5.59. The van der Waals surface area contributed by atoms with Crippen molar-refractivity contribution in [3.63, 3.8) is 0 Å². The monoisotopic (exact) mass is 257 g/mol. The van der Waals surface area contributed by atoms with Crippen molar-refractivity contribution in [3.8, 4) is 11.3 Å². The van der Waals surface area contributed by atoms with Crippen molar-refractivity contribution in [1.29, 1.82) is 0 Å². The minimum atomic E-state index is -0.128. The molecular formula is C12H15N7. The molecule has 0 atom stereocenters. The van der Waals surface area contributed by atoms with E-state index in [2.05, 4.69) is 15.1 Å². The molecule has 6 N–H and O–H groups in total. The fourth-order valence-electron chi connectivity index (χ4n) is 1.63. The van der Waals surface area contributed by atoms with Gasteiger partial charge < -0.3 is 17.2 Å². The molecular weight excluding hydrogens is 242 g/mol. The van der Waals surface area contributed by atoms with Crippen LogP contribution < -0.4 is 17.2 Å². The van der Waals surface area contributed by atoms with E-state index in [1.54, 1.807) is 4.68 Å². The summed E-state index contributed by atoms with van der Waals surface area (Å²) in [4.78, 5) is 7.87. The summed E-state index contributed by atoms with van der Waals surface area (Å²) in [5, 5.41) is 4.33. The fraction of sp³-hybridized carbons (Fsp3) is 0.0833. The van der Waals surface area contributed by atoms with Crippen molar-refractivity contribution < 1.29 is 0 Å². The smallest absolute Gasteiger partial charge is 0.223 e. The number of guanidine groups is 2. The second kappa shape index (κ2) is 5.21. The molecule has 0 aliphatic heterocycles. The van der Waals surface area contributed by atoms with E-state index in [1.807, 2.05) is 43.6 Å². The summed E-state index contributed by atoms with van der Waals surface area (Å²) in [7, 11) is 1.85. The number of hydrogen-bond donors (Lipinski definition) is 3. The minimum absolute atomic E-state index is 0.00313. The summed E-state index contributed by atoms with van der Waals surface area (Å²) < 4.78 is 1.72. The molecule has 2 aromatic rings. The predicted molar refractivity (Wildman–Crippen MR) is 75.7 cm³/mol. The maximum atomic E-state index is 5.64. The molecule has 0 radical (unpaired) electrons. The molecule has 1 aromatic heterocycles. The first-order valence-electron chi connectivity index (χ1n) is 5.59. The van der Waals surface area contributed by atoms with E-state index in [4.69, 9.17) is 17.2 Å². The third kappa shape index (κ3) is 3.09. The van der Waals surface area contributed by atoms with E-state index in [9.17, 15) is 0 Å². The van der Waals surface area contributed by atoms with Gasteiger partial charge in [0.1, 0.15) is 0 Å². The Morgan fingerprint density at radius 2 is 1.89 bits per heavy atom. The molecule has 98 valence electrons. The first kappa shape index (κ1) is 12.6. The van der Waals surface area contributed by atoms with Crippen LogP contribution in [0.3, 0.4) is 0 Å². The standard InChI is InChI=1S/C12H15N7/c1-19-7-6-10(18-19)8-4-2-3-5-9(8)16-12(15)17-11(13)14/h2-7H,1H3,(H6,13,14,15,16,17). The van der Waals surface area contributed by atoms with Gasteiger partial charge in [-0.05, 0) is 12.1 Å². The molecule has 1 aromatic carbocycles. The highest BCUT2D eigenvalue weighted by Gasteiger charge is 2.06. The van der Waals surface area contributed by atoms with Gasteiger partial charge in [0, 0.05) is 18.8 Å². The average Bonchev–Trinajstić information content (AvgIpc) is 2.75. The van der Waals surface area contributed by atoms with Crippen LogP contribution in [0.4, 0.5) is 5.69 Å². The van der Waals surface area contributed by atoms with E-state index < -0.39 is 0 Å². The Morgan fingerprint density at radius 3 is 2.53 bits per heavy atom. The number of aromatic nitrogens is 2. The van der Waals surface area contributed by atoms with Gasteiger partial charge in [-0.1, -0.05) is 18.2 Å². The number of para-hydroxylation sites is 1. The molecule has 0 amide bonds. The molecule has 0 bridgehead atoms.